The molecule has 0 aliphatic heterocycles. The Labute approximate surface area is 92.9 Å². The van der Waals surface area contributed by atoms with E-state index in [9.17, 15) is 4.79 Å². The fraction of sp³-hybridized carbons (Fsp3) is 0.200. The summed E-state index contributed by atoms with van der Waals surface area (Å²) in [7, 11) is 0. The second-order valence-corrected chi connectivity index (χ2v) is 3.02. The van der Waals surface area contributed by atoms with E-state index >= 15 is 0 Å². The largest absolute Gasteiger partial charge is 0.449 e. The number of benzene rings is 1. The maximum absolute atomic E-state index is 10.8. The van der Waals surface area contributed by atoms with E-state index in [1.165, 1.54) is 6.21 Å². The molecule has 0 saturated carbocycles. The van der Waals surface area contributed by atoms with Crippen LogP contribution in [0.1, 0.15) is 12.5 Å². The SMILES string of the molecule is CCOC(=O)N/N=C/c1ccccc1Cl. The van der Waals surface area contributed by atoms with Gasteiger partial charge in [0.25, 0.3) is 0 Å². The Balaban J connectivity index is 2.52. The second kappa shape index (κ2) is 6.03. The number of hydrazone groups is 1. The second-order valence-electron chi connectivity index (χ2n) is 2.61. The van der Waals surface area contributed by atoms with Gasteiger partial charge in [0, 0.05) is 10.6 Å². The third-order valence-corrected chi connectivity index (χ3v) is 1.88. The number of nitrogens with zero attached hydrogens (tertiary/aromatic N) is 1. The van der Waals surface area contributed by atoms with Gasteiger partial charge in [0.1, 0.15) is 0 Å². The van der Waals surface area contributed by atoms with Gasteiger partial charge in [0.2, 0.25) is 0 Å². The van der Waals surface area contributed by atoms with E-state index < -0.39 is 6.09 Å². The zero-order chi connectivity index (χ0) is 11.1. The van der Waals surface area contributed by atoms with Crippen molar-refractivity contribution in [1.82, 2.24) is 5.43 Å². The molecule has 0 radical (unpaired) electrons. The van der Waals surface area contributed by atoms with Crippen LogP contribution in [-0.2, 0) is 4.74 Å². The lowest BCUT2D eigenvalue weighted by Crippen LogP contribution is -2.18. The lowest BCUT2D eigenvalue weighted by Gasteiger charge is -1.99. The number of amides is 1. The molecule has 1 aromatic carbocycles. The first-order valence-corrected chi connectivity index (χ1v) is 4.82. The third kappa shape index (κ3) is 3.99. The number of nitrogens with one attached hydrogen (secondary N) is 1. The summed E-state index contributed by atoms with van der Waals surface area (Å²) in [4.78, 5) is 10.8. The van der Waals surface area contributed by atoms with E-state index in [2.05, 4.69) is 15.3 Å². The maximum atomic E-state index is 10.8. The van der Waals surface area contributed by atoms with E-state index in [0.717, 1.165) is 5.56 Å². The quantitative estimate of drug-likeness (QED) is 0.636. The third-order valence-electron chi connectivity index (χ3n) is 1.54. The minimum absolute atomic E-state index is 0.313. The van der Waals surface area contributed by atoms with Crippen LogP contribution in [0.4, 0.5) is 4.79 Å². The summed E-state index contributed by atoms with van der Waals surface area (Å²) in [5.74, 6) is 0. The Morgan fingerprint density at radius 1 is 1.60 bits per heavy atom. The Hall–Kier alpha value is -1.55. The molecule has 1 amide bonds. The first-order chi connectivity index (χ1) is 7.24. The van der Waals surface area contributed by atoms with Crippen LogP contribution in [0.15, 0.2) is 29.4 Å². The van der Waals surface area contributed by atoms with E-state index in [4.69, 9.17) is 11.6 Å². The predicted octanol–water partition coefficient (Wildman–Crippen LogP) is 2.42. The number of hydrogen-bond donors (Lipinski definition) is 1. The Morgan fingerprint density at radius 2 is 2.33 bits per heavy atom. The predicted molar refractivity (Wildman–Crippen MR) is 59.2 cm³/mol. The molecular formula is C10H11ClN2O2. The van der Waals surface area contributed by atoms with Gasteiger partial charge in [0.15, 0.2) is 0 Å². The maximum Gasteiger partial charge on any atom is 0.427 e. The van der Waals surface area contributed by atoms with E-state index in [-0.39, 0.29) is 0 Å². The van der Waals surface area contributed by atoms with Gasteiger partial charge in [-0.3, -0.25) is 0 Å². The first kappa shape index (κ1) is 11.5. The summed E-state index contributed by atoms with van der Waals surface area (Å²) in [6.45, 7) is 2.03. The average molecular weight is 227 g/mol. The highest BCUT2D eigenvalue weighted by Gasteiger charge is 1.97. The van der Waals surface area contributed by atoms with Crippen molar-refractivity contribution in [1.29, 1.82) is 0 Å². The van der Waals surface area contributed by atoms with Crippen LogP contribution in [0.25, 0.3) is 0 Å². The topological polar surface area (TPSA) is 50.7 Å². The number of carbonyl (C=O) groups excluding carboxylic acids is 1. The molecule has 0 aliphatic carbocycles. The van der Waals surface area contributed by atoms with Crippen LogP contribution < -0.4 is 5.43 Å². The minimum atomic E-state index is -0.583. The average Bonchev–Trinajstić information content (AvgIpc) is 2.21. The highest BCUT2D eigenvalue weighted by atomic mass is 35.5. The summed E-state index contributed by atoms with van der Waals surface area (Å²) in [5.41, 5.74) is 2.94. The highest BCUT2D eigenvalue weighted by Crippen LogP contribution is 2.11. The number of ether oxygens (including phenoxy) is 1. The summed E-state index contributed by atoms with van der Waals surface area (Å²) < 4.78 is 4.61. The lowest BCUT2D eigenvalue weighted by atomic mass is 10.2. The fourth-order valence-corrected chi connectivity index (χ4v) is 1.08. The Kier molecular flexibility index (Phi) is 4.63. The molecule has 1 aromatic rings. The zero-order valence-corrected chi connectivity index (χ0v) is 8.99. The number of halogens is 1. The fourth-order valence-electron chi connectivity index (χ4n) is 0.898. The van der Waals surface area contributed by atoms with Crippen LogP contribution >= 0.6 is 11.6 Å². The smallest absolute Gasteiger partial charge is 0.427 e. The van der Waals surface area contributed by atoms with Crippen LogP contribution in [0.2, 0.25) is 5.02 Å². The van der Waals surface area contributed by atoms with E-state index in [0.29, 0.717) is 11.6 Å². The highest BCUT2D eigenvalue weighted by molar-refractivity contribution is 6.33. The van der Waals surface area contributed by atoms with E-state index in [1.807, 2.05) is 12.1 Å². The molecule has 5 heteroatoms. The zero-order valence-electron chi connectivity index (χ0n) is 8.24. The number of hydrogen-bond acceptors (Lipinski definition) is 3. The van der Waals surface area contributed by atoms with Gasteiger partial charge in [-0.05, 0) is 13.0 Å². The molecule has 0 heterocycles. The van der Waals surface area contributed by atoms with Crippen molar-refractivity contribution < 1.29 is 9.53 Å². The summed E-state index contributed by atoms with van der Waals surface area (Å²) in [6.07, 6.45) is 0.875. The molecule has 0 saturated heterocycles. The Morgan fingerprint density at radius 3 is 3.00 bits per heavy atom. The normalized spacial score (nSPS) is 10.3. The molecule has 0 bridgehead atoms. The summed E-state index contributed by atoms with van der Waals surface area (Å²) in [6, 6.07) is 7.18. The van der Waals surface area contributed by atoms with Crippen LogP contribution in [-0.4, -0.2) is 18.9 Å². The van der Waals surface area contributed by atoms with Gasteiger partial charge in [-0.2, -0.15) is 5.10 Å². The van der Waals surface area contributed by atoms with Crippen molar-refractivity contribution >= 4 is 23.9 Å². The standard InChI is InChI=1S/C10H11ClN2O2/c1-2-15-10(14)13-12-7-8-5-3-4-6-9(8)11/h3-7H,2H2,1H3,(H,13,14)/b12-7+. The van der Waals surface area contributed by atoms with Crippen molar-refractivity contribution in [3.63, 3.8) is 0 Å². The van der Waals surface area contributed by atoms with Crippen LogP contribution in [0.3, 0.4) is 0 Å². The first-order valence-electron chi connectivity index (χ1n) is 4.44. The molecule has 0 aliphatic rings. The molecule has 0 spiro atoms. The molecule has 1 rings (SSSR count). The monoisotopic (exact) mass is 226 g/mol. The molecule has 15 heavy (non-hydrogen) atoms. The van der Waals surface area contributed by atoms with E-state index in [1.54, 1.807) is 19.1 Å². The molecular weight excluding hydrogens is 216 g/mol. The summed E-state index contributed by atoms with van der Waals surface area (Å²) in [5, 5.41) is 4.26. The van der Waals surface area contributed by atoms with Gasteiger partial charge >= 0.3 is 6.09 Å². The minimum Gasteiger partial charge on any atom is -0.449 e. The Bertz CT molecular complexity index is 366. The van der Waals surface area contributed by atoms with Crippen molar-refractivity contribution in [2.24, 2.45) is 5.10 Å². The van der Waals surface area contributed by atoms with Crippen molar-refractivity contribution in [3.8, 4) is 0 Å². The number of rotatable bonds is 3. The summed E-state index contributed by atoms with van der Waals surface area (Å²) >= 11 is 5.87. The molecule has 0 fully saturated rings. The molecule has 1 N–H and O–H groups in total. The van der Waals surface area contributed by atoms with Crippen molar-refractivity contribution in [2.75, 3.05) is 6.61 Å². The van der Waals surface area contributed by atoms with Gasteiger partial charge in [-0.1, -0.05) is 29.8 Å². The molecule has 80 valence electrons. The molecule has 4 nitrogen and oxygen atoms in total. The molecule has 0 aromatic heterocycles. The van der Waals surface area contributed by atoms with Crippen LogP contribution in [0, 0.1) is 0 Å². The van der Waals surface area contributed by atoms with Gasteiger partial charge < -0.3 is 4.74 Å². The van der Waals surface area contributed by atoms with Gasteiger partial charge in [-0.25, -0.2) is 10.2 Å². The lowest BCUT2D eigenvalue weighted by molar-refractivity contribution is 0.152. The van der Waals surface area contributed by atoms with Gasteiger partial charge in [0.05, 0.1) is 12.8 Å². The number of carbonyl (C=O) groups is 1. The van der Waals surface area contributed by atoms with Gasteiger partial charge in [-0.15, -0.1) is 0 Å². The van der Waals surface area contributed by atoms with Crippen molar-refractivity contribution in [2.45, 2.75) is 6.92 Å². The molecule has 0 unspecified atom stereocenters. The van der Waals surface area contributed by atoms with Crippen molar-refractivity contribution in [3.05, 3.63) is 34.9 Å². The van der Waals surface area contributed by atoms with Crippen LogP contribution in [0.5, 0.6) is 0 Å². The molecule has 0 atom stereocenters.